The fraction of sp³-hybridized carbons (Fsp3) is 0.250. The number of thiazole rings is 1. The molecule has 0 atom stereocenters. The third kappa shape index (κ3) is 3.12. The molecule has 2 aromatic rings. The van der Waals surface area contributed by atoms with Crippen LogP contribution in [-0.4, -0.2) is 18.6 Å². The molecule has 1 aromatic carbocycles. The van der Waals surface area contributed by atoms with Crippen LogP contribution in [0.25, 0.3) is 10.4 Å². The second-order valence-corrected chi connectivity index (χ2v) is 5.63. The fourth-order valence-corrected chi connectivity index (χ4v) is 2.76. The number of hydrogen-bond donors (Lipinski definition) is 1. The van der Waals surface area contributed by atoms with Crippen molar-refractivity contribution in [2.24, 2.45) is 0 Å². The Kier molecular flexibility index (Phi) is 4.25. The monoisotopic (exact) mass is 314 g/mol. The van der Waals surface area contributed by atoms with Crippen LogP contribution in [0.5, 0.6) is 0 Å². The lowest BCUT2D eigenvalue weighted by atomic mass is 10.2. The van der Waals surface area contributed by atoms with Crippen molar-refractivity contribution < 1.29 is 4.39 Å². The quantitative estimate of drug-likeness (QED) is 0.934. The van der Waals surface area contributed by atoms with Gasteiger partial charge in [0.1, 0.15) is 5.82 Å². The Bertz CT molecular complexity index is 513. The van der Waals surface area contributed by atoms with Crippen molar-refractivity contribution in [1.29, 1.82) is 0 Å². The first kappa shape index (κ1) is 12.7. The second kappa shape index (κ2) is 5.71. The molecule has 5 heteroatoms. The summed E-state index contributed by atoms with van der Waals surface area (Å²) >= 11 is 4.89. The van der Waals surface area contributed by atoms with Crippen LogP contribution in [0.3, 0.4) is 0 Å². The Morgan fingerprint density at radius 1 is 1.47 bits per heavy atom. The maximum Gasteiger partial charge on any atom is 0.131 e. The minimum absolute atomic E-state index is 0.211. The molecule has 1 N–H and O–H groups in total. The molecular weight excluding hydrogens is 303 g/mol. The Balaban J connectivity index is 2.27. The summed E-state index contributed by atoms with van der Waals surface area (Å²) in [6.45, 7) is 0.883. The first-order chi connectivity index (χ1) is 8.20. The van der Waals surface area contributed by atoms with E-state index in [1.165, 1.54) is 17.4 Å². The summed E-state index contributed by atoms with van der Waals surface area (Å²) in [6, 6.07) is 4.94. The van der Waals surface area contributed by atoms with Gasteiger partial charge in [-0.3, -0.25) is 0 Å². The van der Waals surface area contributed by atoms with E-state index in [2.05, 4.69) is 26.2 Å². The molecule has 0 fully saturated rings. The molecule has 17 heavy (non-hydrogen) atoms. The van der Waals surface area contributed by atoms with E-state index in [1.54, 1.807) is 18.3 Å². The first-order valence-electron chi connectivity index (χ1n) is 5.25. The summed E-state index contributed by atoms with van der Waals surface area (Å²) in [4.78, 5) is 5.17. The maximum atomic E-state index is 13.7. The summed E-state index contributed by atoms with van der Waals surface area (Å²) in [5.41, 5.74) is 0.604. The summed E-state index contributed by atoms with van der Waals surface area (Å²) in [6.07, 6.45) is 2.61. The lowest BCUT2D eigenvalue weighted by Crippen LogP contribution is -2.09. The highest BCUT2D eigenvalue weighted by molar-refractivity contribution is 9.10. The Hall–Kier alpha value is -0.780. The van der Waals surface area contributed by atoms with Crippen LogP contribution in [0.15, 0.2) is 28.9 Å². The SMILES string of the molecule is CNCCc1ncc(-c2cc(Br)ccc2F)s1. The fourth-order valence-electron chi connectivity index (χ4n) is 1.47. The predicted octanol–water partition coefficient (Wildman–Crippen LogP) is 3.47. The van der Waals surface area contributed by atoms with E-state index in [-0.39, 0.29) is 5.82 Å². The standard InChI is InChI=1S/C12H12BrFN2S/c1-15-5-4-12-16-7-11(17-12)9-6-8(13)2-3-10(9)14/h2-3,6-7,15H,4-5H2,1H3. The van der Waals surface area contributed by atoms with Crippen LogP contribution in [0, 0.1) is 5.82 Å². The average molecular weight is 315 g/mol. The van der Waals surface area contributed by atoms with E-state index < -0.39 is 0 Å². The molecule has 0 aliphatic heterocycles. The Morgan fingerprint density at radius 3 is 3.06 bits per heavy atom. The zero-order chi connectivity index (χ0) is 12.3. The molecule has 90 valence electrons. The largest absolute Gasteiger partial charge is 0.319 e. The van der Waals surface area contributed by atoms with Crippen molar-refractivity contribution in [3.63, 3.8) is 0 Å². The summed E-state index contributed by atoms with van der Waals surface area (Å²) in [5.74, 6) is -0.211. The first-order valence-corrected chi connectivity index (χ1v) is 6.86. The van der Waals surface area contributed by atoms with Crippen LogP contribution >= 0.6 is 27.3 Å². The van der Waals surface area contributed by atoms with Gasteiger partial charge in [-0.05, 0) is 25.2 Å². The molecule has 0 saturated heterocycles. The molecule has 0 saturated carbocycles. The number of likely N-dealkylation sites (N-methyl/N-ethyl adjacent to an activating group) is 1. The minimum Gasteiger partial charge on any atom is -0.319 e. The van der Waals surface area contributed by atoms with Crippen molar-refractivity contribution in [2.45, 2.75) is 6.42 Å². The number of nitrogens with zero attached hydrogens (tertiary/aromatic N) is 1. The number of halogens is 2. The summed E-state index contributed by atoms with van der Waals surface area (Å²) in [5, 5.41) is 4.09. The van der Waals surface area contributed by atoms with Crippen molar-refractivity contribution >= 4 is 27.3 Å². The van der Waals surface area contributed by atoms with Gasteiger partial charge in [0.25, 0.3) is 0 Å². The normalized spacial score (nSPS) is 10.8. The number of hydrogen-bond acceptors (Lipinski definition) is 3. The van der Waals surface area contributed by atoms with Crippen molar-refractivity contribution in [3.05, 3.63) is 39.7 Å². The van der Waals surface area contributed by atoms with Crippen LogP contribution in [0.2, 0.25) is 0 Å². The third-order valence-corrected chi connectivity index (χ3v) is 3.92. The highest BCUT2D eigenvalue weighted by Gasteiger charge is 2.09. The van der Waals surface area contributed by atoms with E-state index in [1.807, 2.05) is 7.05 Å². The van der Waals surface area contributed by atoms with Gasteiger partial charge < -0.3 is 5.32 Å². The lowest BCUT2D eigenvalue weighted by Gasteiger charge is -1.99. The van der Waals surface area contributed by atoms with Crippen molar-refractivity contribution in [3.8, 4) is 10.4 Å². The minimum atomic E-state index is -0.211. The highest BCUT2D eigenvalue weighted by Crippen LogP contribution is 2.30. The van der Waals surface area contributed by atoms with E-state index in [0.717, 1.165) is 27.3 Å². The predicted molar refractivity (Wildman–Crippen MR) is 72.8 cm³/mol. The molecule has 0 aliphatic carbocycles. The third-order valence-electron chi connectivity index (χ3n) is 2.34. The number of benzene rings is 1. The van der Waals surface area contributed by atoms with Gasteiger partial charge in [0.05, 0.1) is 9.88 Å². The van der Waals surface area contributed by atoms with E-state index >= 15 is 0 Å². The summed E-state index contributed by atoms with van der Waals surface area (Å²) in [7, 11) is 1.91. The second-order valence-electron chi connectivity index (χ2n) is 3.60. The van der Waals surface area contributed by atoms with Gasteiger partial charge in [-0.1, -0.05) is 15.9 Å². The van der Waals surface area contributed by atoms with Gasteiger partial charge in [0, 0.05) is 29.2 Å². The van der Waals surface area contributed by atoms with Gasteiger partial charge >= 0.3 is 0 Å². The molecule has 0 bridgehead atoms. The molecule has 2 nitrogen and oxygen atoms in total. The zero-order valence-corrected chi connectivity index (χ0v) is 11.7. The van der Waals surface area contributed by atoms with Gasteiger partial charge in [-0.2, -0.15) is 0 Å². The van der Waals surface area contributed by atoms with E-state index in [4.69, 9.17) is 0 Å². The molecule has 1 heterocycles. The van der Waals surface area contributed by atoms with Gasteiger partial charge in [-0.15, -0.1) is 11.3 Å². The maximum absolute atomic E-state index is 13.7. The topological polar surface area (TPSA) is 24.9 Å². The molecule has 2 rings (SSSR count). The smallest absolute Gasteiger partial charge is 0.131 e. The van der Waals surface area contributed by atoms with Crippen LogP contribution in [0.4, 0.5) is 4.39 Å². The highest BCUT2D eigenvalue weighted by atomic mass is 79.9. The van der Waals surface area contributed by atoms with Gasteiger partial charge in [0.2, 0.25) is 0 Å². The lowest BCUT2D eigenvalue weighted by molar-refractivity contribution is 0.631. The van der Waals surface area contributed by atoms with E-state index in [9.17, 15) is 4.39 Å². The van der Waals surface area contributed by atoms with Crippen LogP contribution < -0.4 is 5.32 Å². The van der Waals surface area contributed by atoms with E-state index in [0.29, 0.717) is 5.56 Å². The molecule has 0 amide bonds. The number of rotatable bonds is 4. The molecule has 0 radical (unpaired) electrons. The Labute approximate surface area is 112 Å². The van der Waals surface area contributed by atoms with Crippen LogP contribution in [-0.2, 0) is 6.42 Å². The molecule has 0 spiro atoms. The summed E-state index contributed by atoms with van der Waals surface area (Å²) < 4.78 is 14.5. The van der Waals surface area contributed by atoms with Crippen molar-refractivity contribution in [2.75, 3.05) is 13.6 Å². The van der Waals surface area contributed by atoms with Gasteiger partial charge in [-0.25, -0.2) is 9.37 Å². The molecule has 0 unspecified atom stereocenters. The molecule has 0 aliphatic rings. The van der Waals surface area contributed by atoms with Gasteiger partial charge in [0.15, 0.2) is 0 Å². The number of nitrogens with one attached hydrogen (secondary N) is 1. The molecular formula is C12H12BrFN2S. The Morgan fingerprint density at radius 2 is 2.29 bits per heavy atom. The van der Waals surface area contributed by atoms with Crippen molar-refractivity contribution in [1.82, 2.24) is 10.3 Å². The zero-order valence-electron chi connectivity index (χ0n) is 9.34. The molecule has 1 aromatic heterocycles. The van der Waals surface area contributed by atoms with Crippen LogP contribution in [0.1, 0.15) is 5.01 Å². The average Bonchev–Trinajstić information content (AvgIpc) is 2.78. The number of aromatic nitrogens is 1.